The number of carbonyl (C=O) groups is 1. The molecule has 2 aromatic carbocycles. The van der Waals surface area contributed by atoms with Crippen LogP contribution in [-0.2, 0) is 10.0 Å². The van der Waals surface area contributed by atoms with Gasteiger partial charge in [0.2, 0.25) is 10.0 Å². The molecule has 0 radical (unpaired) electrons. The first kappa shape index (κ1) is 21.7. The third kappa shape index (κ3) is 4.69. The van der Waals surface area contributed by atoms with Crippen molar-refractivity contribution in [2.24, 2.45) is 0 Å². The molecule has 2 fully saturated rings. The number of hydrogen-bond acceptors (Lipinski definition) is 4. The molecule has 0 bridgehead atoms. The quantitative estimate of drug-likeness (QED) is 0.620. The number of amides is 1. The molecule has 1 aliphatic carbocycles. The van der Waals surface area contributed by atoms with Crippen LogP contribution in [0.5, 0.6) is 0 Å². The van der Waals surface area contributed by atoms with E-state index in [0.717, 1.165) is 23.4 Å². The van der Waals surface area contributed by atoms with Crippen molar-refractivity contribution in [3.8, 4) is 0 Å². The number of para-hydroxylation sites is 1. The topological polar surface area (TPSA) is 66.5 Å². The number of rotatable bonds is 6. The van der Waals surface area contributed by atoms with Crippen LogP contribution in [-0.4, -0.2) is 37.0 Å². The Morgan fingerprint density at radius 1 is 1.03 bits per heavy atom. The highest BCUT2D eigenvalue weighted by atomic mass is 35.5. The van der Waals surface area contributed by atoms with Crippen LogP contribution in [0.4, 0.5) is 5.69 Å². The maximum Gasteiger partial charge on any atom is 0.257 e. The van der Waals surface area contributed by atoms with Gasteiger partial charge in [0.25, 0.3) is 5.91 Å². The van der Waals surface area contributed by atoms with Crippen molar-refractivity contribution in [2.45, 2.75) is 53.6 Å². The third-order valence-corrected chi connectivity index (χ3v) is 9.26. The van der Waals surface area contributed by atoms with E-state index < -0.39 is 15.9 Å². The molecule has 0 atom stereocenters. The van der Waals surface area contributed by atoms with Gasteiger partial charge in [0, 0.05) is 23.2 Å². The normalized spacial score (nSPS) is 18.0. The molecule has 30 heavy (non-hydrogen) atoms. The first-order chi connectivity index (χ1) is 14.4. The lowest BCUT2D eigenvalue weighted by Gasteiger charge is -2.17. The van der Waals surface area contributed by atoms with E-state index in [4.69, 9.17) is 11.6 Å². The number of thioether (sulfide) groups is 1. The number of sulfonamides is 1. The van der Waals surface area contributed by atoms with E-state index in [9.17, 15) is 13.2 Å². The zero-order valence-electron chi connectivity index (χ0n) is 16.6. The summed E-state index contributed by atoms with van der Waals surface area (Å²) in [6.45, 7) is 1.02. The highest BCUT2D eigenvalue weighted by Gasteiger charge is 2.28. The summed E-state index contributed by atoms with van der Waals surface area (Å²) < 4.78 is 27.2. The summed E-state index contributed by atoms with van der Waals surface area (Å²) in [6, 6.07) is 12.1. The van der Waals surface area contributed by atoms with Crippen LogP contribution in [0.3, 0.4) is 0 Å². The van der Waals surface area contributed by atoms with Crippen molar-refractivity contribution in [3.63, 3.8) is 0 Å². The highest BCUT2D eigenvalue weighted by molar-refractivity contribution is 8.00. The van der Waals surface area contributed by atoms with E-state index in [1.54, 1.807) is 11.8 Å². The Labute approximate surface area is 187 Å². The van der Waals surface area contributed by atoms with Gasteiger partial charge in [-0.25, -0.2) is 8.42 Å². The maximum atomic E-state index is 13.0. The molecule has 1 saturated carbocycles. The Hall–Kier alpha value is -1.54. The predicted octanol–water partition coefficient (Wildman–Crippen LogP) is 5.41. The van der Waals surface area contributed by atoms with Gasteiger partial charge in [-0.3, -0.25) is 4.79 Å². The minimum Gasteiger partial charge on any atom is -0.321 e. The molecular weight excluding hydrogens is 440 g/mol. The largest absolute Gasteiger partial charge is 0.321 e. The lowest BCUT2D eigenvalue weighted by Crippen LogP contribution is -2.28. The summed E-state index contributed by atoms with van der Waals surface area (Å²) in [5.41, 5.74) is 0.890. The van der Waals surface area contributed by atoms with Gasteiger partial charge in [-0.2, -0.15) is 4.31 Å². The van der Waals surface area contributed by atoms with Gasteiger partial charge in [-0.15, -0.1) is 11.8 Å². The van der Waals surface area contributed by atoms with E-state index in [2.05, 4.69) is 5.32 Å². The minimum atomic E-state index is -3.62. The van der Waals surface area contributed by atoms with E-state index in [1.165, 1.54) is 48.2 Å². The van der Waals surface area contributed by atoms with Gasteiger partial charge in [0.1, 0.15) is 0 Å². The monoisotopic (exact) mass is 464 g/mol. The molecule has 4 rings (SSSR count). The van der Waals surface area contributed by atoms with Crippen LogP contribution < -0.4 is 5.32 Å². The highest BCUT2D eigenvalue weighted by Crippen LogP contribution is 2.38. The molecule has 1 heterocycles. The van der Waals surface area contributed by atoms with Crippen LogP contribution in [0.25, 0.3) is 0 Å². The van der Waals surface area contributed by atoms with Gasteiger partial charge in [0.05, 0.1) is 21.2 Å². The van der Waals surface area contributed by atoms with Crippen molar-refractivity contribution in [1.82, 2.24) is 4.31 Å². The summed E-state index contributed by atoms with van der Waals surface area (Å²) in [5.74, 6) is -0.405. The molecule has 1 amide bonds. The maximum absolute atomic E-state index is 13.0. The lowest BCUT2D eigenvalue weighted by molar-refractivity contribution is 0.102. The van der Waals surface area contributed by atoms with Gasteiger partial charge in [-0.1, -0.05) is 36.6 Å². The van der Waals surface area contributed by atoms with Crippen LogP contribution in [0.2, 0.25) is 5.02 Å². The van der Waals surface area contributed by atoms with Crippen LogP contribution in [0, 0.1) is 0 Å². The molecule has 8 heteroatoms. The lowest BCUT2D eigenvalue weighted by atomic mass is 10.2. The molecule has 0 unspecified atom stereocenters. The van der Waals surface area contributed by atoms with Crippen molar-refractivity contribution in [2.75, 3.05) is 18.4 Å². The number of nitrogens with zero attached hydrogens (tertiary/aromatic N) is 1. The second-order valence-corrected chi connectivity index (χ2v) is 11.4. The standard InChI is InChI=1S/C22H25ClN2O3S2/c23-19-12-11-17(30(27,28)25-13-5-6-14-25)15-18(19)22(26)24-20-9-3-4-10-21(20)29-16-7-1-2-8-16/h3-4,9-12,15-16H,1-2,5-8,13-14H2,(H,24,26). The average Bonchev–Trinajstić information content (AvgIpc) is 3.44. The number of hydrogen-bond donors (Lipinski definition) is 1. The smallest absolute Gasteiger partial charge is 0.257 e. The van der Waals surface area contributed by atoms with Crippen molar-refractivity contribution in [3.05, 3.63) is 53.1 Å². The van der Waals surface area contributed by atoms with Crippen LogP contribution in [0.1, 0.15) is 48.9 Å². The first-order valence-corrected chi connectivity index (χ1v) is 13.0. The predicted molar refractivity (Wildman–Crippen MR) is 122 cm³/mol. The van der Waals surface area contributed by atoms with Crippen molar-refractivity contribution in [1.29, 1.82) is 0 Å². The van der Waals surface area contributed by atoms with E-state index in [-0.39, 0.29) is 15.5 Å². The fraction of sp³-hybridized carbons (Fsp3) is 0.409. The second-order valence-electron chi connectivity index (χ2n) is 7.73. The van der Waals surface area contributed by atoms with E-state index >= 15 is 0 Å². The molecule has 1 aliphatic heterocycles. The Morgan fingerprint density at radius 2 is 1.73 bits per heavy atom. The van der Waals surface area contributed by atoms with Gasteiger partial charge in [0.15, 0.2) is 0 Å². The van der Waals surface area contributed by atoms with Gasteiger partial charge in [-0.05, 0) is 56.0 Å². The van der Waals surface area contributed by atoms with Crippen molar-refractivity contribution >= 4 is 45.0 Å². The first-order valence-electron chi connectivity index (χ1n) is 10.3. The minimum absolute atomic E-state index is 0.104. The zero-order valence-corrected chi connectivity index (χ0v) is 19.0. The Bertz CT molecular complexity index is 1030. The van der Waals surface area contributed by atoms with Gasteiger partial charge >= 0.3 is 0 Å². The van der Waals surface area contributed by atoms with Gasteiger partial charge < -0.3 is 5.32 Å². The fourth-order valence-electron chi connectivity index (χ4n) is 3.96. The molecule has 5 nitrogen and oxygen atoms in total. The number of benzene rings is 2. The molecule has 1 N–H and O–H groups in total. The molecule has 0 aromatic heterocycles. The second kappa shape index (κ2) is 9.30. The molecule has 1 saturated heterocycles. The molecule has 0 spiro atoms. The number of carbonyl (C=O) groups excluding carboxylic acids is 1. The number of anilines is 1. The van der Waals surface area contributed by atoms with E-state index in [1.807, 2.05) is 24.3 Å². The van der Waals surface area contributed by atoms with Crippen LogP contribution >= 0.6 is 23.4 Å². The SMILES string of the molecule is O=C(Nc1ccccc1SC1CCCC1)c1cc(S(=O)(=O)N2CCCC2)ccc1Cl. The number of halogens is 1. The van der Waals surface area contributed by atoms with E-state index in [0.29, 0.717) is 18.3 Å². The Kier molecular flexibility index (Phi) is 6.72. The van der Waals surface area contributed by atoms with Crippen molar-refractivity contribution < 1.29 is 13.2 Å². The summed E-state index contributed by atoms with van der Waals surface area (Å²) in [4.78, 5) is 14.1. The van der Waals surface area contributed by atoms with Crippen LogP contribution in [0.15, 0.2) is 52.3 Å². The summed E-state index contributed by atoms with van der Waals surface area (Å²) in [7, 11) is -3.62. The summed E-state index contributed by atoms with van der Waals surface area (Å²) in [6.07, 6.45) is 6.59. The molecule has 2 aromatic rings. The Morgan fingerprint density at radius 3 is 2.47 bits per heavy atom. The zero-order chi connectivity index (χ0) is 21.1. The summed E-state index contributed by atoms with van der Waals surface area (Å²) >= 11 is 8.06. The molecule has 160 valence electrons. The average molecular weight is 465 g/mol. The molecular formula is C22H25ClN2O3S2. The Balaban J connectivity index is 1.57. The summed E-state index contributed by atoms with van der Waals surface area (Å²) in [5, 5.41) is 3.74. The third-order valence-electron chi connectivity index (χ3n) is 5.62. The molecule has 2 aliphatic rings. The fourth-order valence-corrected chi connectivity index (χ4v) is 7.04. The number of nitrogens with one attached hydrogen (secondary N) is 1.